The van der Waals surface area contributed by atoms with Crippen LogP contribution in [0.5, 0.6) is 5.88 Å². The van der Waals surface area contributed by atoms with E-state index in [2.05, 4.69) is 4.98 Å². The van der Waals surface area contributed by atoms with E-state index < -0.39 is 11.8 Å². The van der Waals surface area contributed by atoms with E-state index in [1.54, 1.807) is 0 Å². The summed E-state index contributed by atoms with van der Waals surface area (Å²) in [5, 5.41) is 18.1. The zero-order chi connectivity index (χ0) is 9.14. The molecule has 0 amide bonds. The molecule has 0 aliphatic carbocycles. The van der Waals surface area contributed by atoms with Gasteiger partial charge in [-0.15, -0.1) is 0 Å². The minimum Gasteiger partial charge on any atom is -0.493 e. The summed E-state index contributed by atoms with van der Waals surface area (Å²) in [6, 6.07) is 0. The Morgan fingerprint density at radius 2 is 2.42 bits per heavy atom. The molecular formula is C7H12N2O3. The molecular weight excluding hydrogens is 160 g/mol. The Bertz CT molecular complexity index is 302. The normalized spacial score (nSPS) is 13.2. The fourth-order valence-electron chi connectivity index (χ4n) is 0.912. The van der Waals surface area contributed by atoms with Gasteiger partial charge in [-0.25, -0.2) is 4.79 Å². The van der Waals surface area contributed by atoms with Crippen LogP contribution in [0.3, 0.4) is 0 Å². The maximum absolute atomic E-state index is 10.9. The van der Waals surface area contributed by atoms with Crippen molar-refractivity contribution in [1.29, 1.82) is 0 Å². The summed E-state index contributed by atoms with van der Waals surface area (Å²) >= 11 is 0. The second kappa shape index (κ2) is 3.44. The topological polar surface area (TPSA) is 78.2 Å². The predicted octanol–water partition coefficient (Wildman–Crippen LogP) is -0.347. The molecule has 0 aliphatic rings. The van der Waals surface area contributed by atoms with E-state index in [-0.39, 0.29) is 12.4 Å². The highest BCUT2D eigenvalue weighted by molar-refractivity contribution is 5.00. The number of hydrogen-bond acceptors (Lipinski definition) is 3. The van der Waals surface area contributed by atoms with Gasteiger partial charge in [-0.3, -0.25) is 9.55 Å². The number of aliphatic hydroxyl groups excluding tert-OH is 1. The summed E-state index contributed by atoms with van der Waals surface area (Å²) in [7, 11) is 0. The lowest BCUT2D eigenvalue weighted by Gasteiger charge is -2.05. The molecule has 0 saturated carbocycles. The minimum absolute atomic E-state index is 0.177. The lowest BCUT2D eigenvalue weighted by Crippen LogP contribution is -2.23. The van der Waals surface area contributed by atoms with E-state index in [0.717, 1.165) is 0 Å². The van der Waals surface area contributed by atoms with Crippen LogP contribution in [0.4, 0.5) is 0 Å². The van der Waals surface area contributed by atoms with Crippen molar-refractivity contribution in [2.24, 2.45) is 0 Å². The third-order valence-electron chi connectivity index (χ3n) is 1.65. The van der Waals surface area contributed by atoms with Crippen LogP contribution in [0, 0.1) is 0 Å². The number of aromatic nitrogens is 2. The lowest BCUT2D eigenvalue weighted by atomic mass is 10.3. The van der Waals surface area contributed by atoms with Crippen molar-refractivity contribution in [3.8, 4) is 5.88 Å². The van der Waals surface area contributed by atoms with Crippen molar-refractivity contribution >= 4 is 0 Å². The molecule has 3 N–H and O–H groups in total. The monoisotopic (exact) mass is 172 g/mol. The first kappa shape index (κ1) is 8.86. The Balaban J connectivity index is 2.75. The van der Waals surface area contributed by atoms with Gasteiger partial charge in [0.1, 0.15) is 0 Å². The molecule has 0 bridgehead atoms. The molecule has 1 aromatic heterocycles. The number of H-pyrrole nitrogens is 1. The Labute approximate surface area is 69.3 Å². The fourth-order valence-corrected chi connectivity index (χ4v) is 0.912. The molecule has 12 heavy (non-hydrogen) atoms. The van der Waals surface area contributed by atoms with Crippen molar-refractivity contribution in [2.75, 3.05) is 0 Å². The van der Waals surface area contributed by atoms with E-state index in [9.17, 15) is 9.90 Å². The van der Waals surface area contributed by atoms with Gasteiger partial charge in [-0.05, 0) is 6.42 Å². The molecule has 0 radical (unpaired) electrons. The second-order valence-corrected chi connectivity index (χ2v) is 2.66. The van der Waals surface area contributed by atoms with Crippen LogP contribution in [-0.2, 0) is 6.54 Å². The number of hydrogen-bond donors (Lipinski definition) is 3. The predicted molar refractivity (Wildman–Crippen MR) is 43.0 cm³/mol. The van der Waals surface area contributed by atoms with E-state index in [4.69, 9.17) is 5.11 Å². The van der Waals surface area contributed by atoms with E-state index in [1.807, 2.05) is 6.92 Å². The van der Waals surface area contributed by atoms with Crippen molar-refractivity contribution in [2.45, 2.75) is 26.0 Å². The highest BCUT2D eigenvalue weighted by Gasteiger charge is 2.05. The van der Waals surface area contributed by atoms with Crippen molar-refractivity contribution in [3.63, 3.8) is 0 Å². The third-order valence-corrected chi connectivity index (χ3v) is 1.65. The van der Waals surface area contributed by atoms with Crippen LogP contribution in [-0.4, -0.2) is 25.9 Å². The first-order chi connectivity index (χ1) is 5.63. The second-order valence-electron chi connectivity index (χ2n) is 2.66. The zero-order valence-corrected chi connectivity index (χ0v) is 6.82. The number of nitrogens with zero attached hydrogens (tertiary/aromatic N) is 1. The Kier molecular flexibility index (Phi) is 2.54. The third kappa shape index (κ3) is 1.88. The SMILES string of the molecule is CCC(O)Cn1cc(O)[nH]c1=O. The molecule has 1 unspecified atom stereocenters. The van der Waals surface area contributed by atoms with Gasteiger partial charge in [0.15, 0.2) is 0 Å². The summed E-state index contributed by atoms with van der Waals surface area (Å²) < 4.78 is 1.24. The summed E-state index contributed by atoms with van der Waals surface area (Å²) in [5.74, 6) is -0.177. The number of nitrogens with one attached hydrogen (secondary N) is 1. The maximum Gasteiger partial charge on any atom is 0.328 e. The van der Waals surface area contributed by atoms with Gasteiger partial charge in [0.05, 0.1) is 18.8 Å². The molecule has 1 heterocycles. The fraction of sp³-hybridized carbons (Fsp3) is 0.571. The van der Waals surface area contributed by atoms with Crippen LogP contribution in [0.25, 0.3) is 0 Å². The number of imidazole rings is 1. The van der Waals surface area contributed by atoms with Gasteiger partial charge in [0.25, 0.3) is 0 Å². The summed E-state index contributed by atoms with van der Waals surface area (Å²) in [6.45, 7) is 2.04. The number of rotatable bonds is 3. The molecule has 1 atom stereocenters. The van der Waals surface area contributed by atoms with Gasteiger partial charge in [-0.2, -0.15) is 0 Å². The van der Waals surface area contributed by atoms with Crippen molar-refractivity contribution in [3.05, 3.63) is 16.7 Å². The molecule has 5 nitrogen and oxygen atoms in total. The maximum atomic E-state index is 10.9. The molecule has 0 fully saturated rings. The van der Waals surface area contributed by atoms with Gasteiger partial charge < -0.3 is 10.2 Å². The number of aliphatic hydroxyl groups is 1. The minimum atomic E-state index is -0.544. The van der Waals surface area contributed by atoms with E-state index >= 15 is 0 Å². The van der Waals surface area contributed by atoms with Gasteiger partial charge in [-0.1, -0.05) is 6.92 Å². The highest BCUT2D eigenvalue weighted by Crippen LogP contribution is 2.00. The average Bonchev–Trinajstić information content (AvgIpc) is 2.30. The average molecular weight is 172 g/mol. The number of aromatic hydroxyl groups is 1. The van der Waals surface area contributed by atoms with Crippen LogP contribution in [0.1, 0.15) is 13.3 Å². The van der Waals surface area contributed by atoms with Gasteiger partial charge in [0.2, 0.25) is 5.88 Å². The van der Waals surface area contributed by atoms with Crippen molar-refractivity contribution in [1.82, 2.24) is 9.55 Å². The van der Waals surface area contributed by atoms with Gasteiger partial charge in [0, 0.05) is 0 Å². The molecule has 1 aromatic rings. The molecule has 0 saturated heterocycles. The smallest absolute Gasteiger partial charge is 0.328 e. The summed E-state index contributed by atoms with van der Waals surface area (Å²) in [6.07, 6.45) is 1.30. The zero-order valence-electron chi connectivity index (χ0n) is 6.82. The molecule has 5 heteroatoms. The van der Waals surface area contributed by atoms with Crippen LogP contribution in [0.15, 0.2) is 11.0 Å². The van der Waals surface area contributed by atoms with E-state index in [0.29, 0.717) is 6.42 Å². The quantitative estimate of drug-likeness (QED) is 0.583. The summed E-state index contributed by atoms with van der Waals surface area (Å²) in [5.41, 5.74) is -0.403. The van der Waals surface area contributed by atoms with E-state index in [1.165, 1.54) is 10.8 Å². The highest BCUT2D eigenvalue weighted by atomic mass is 16.3. The van der Waals surface area contributed by atoms with Crippen molar-refractivity contribution < 1.29 is 10.2 Å². The molecule has 0 spiro atoms. The molecule has 68 valence electrons. The van der Waals surface area contributed by atoms with Crippen LogP contribution < -0.4 is 5.69 Å². The lowest BCUT2D eigenvalue weighted by molar-refractivity contribution is 0.148. The molecule has 0 aliphatic heterocycles. The largest absolute Gasteiger partial charge is 0.493 e. The molecule has 0 aromatic carbocycles. The first-order valence-electron chi connectivity index (χ1n) is 3.80. The number of aromatic amines is 1. The molecule has 1 rings (SSSR count). The van der Waals surface area contributed by atoms with Crippen LogP contribution in [0.2, 0.25) is 0 Å². The summed E-state index contributed by atoms with van der Waals surface area (Å²) in [4.78, 5) is 13.1. The Morgan fingerprint density at radius 3 is 2.83 bits per heavy atom. The Hall–Kier alpha value is -1.23. The standard InChI is InChI=1S/C7H12N2O3/c1-2-5(10)3-9-4-6(11)8-7(9)12/h4-5,10-11H,2-3H2,1H3,(H,8,12). The first-order valence-corrected chi connectivity index (χ1v) is 3.80. The van der Waals surface area contributed by atoms with Crippen LogP contribution >= 0.6 is 0 Å². The Morgan fingerprint density at radius 1 is 1.75 bits per heavy atom. The van der Waals surface area contributed by atoms with Gasteiger partial charge >= 0.3 is 5.69 Å².